The van der Waals surface area contributed by atoms with Crippen molar-refractivity contribution in [2.45, 2.75) is 6.04 Å². The Balaban J connectivity index is 1.94. The van der Waals surface area contributed by atoms with E-state index in [1.807, 2.05) is 42.5 Å². The zero-order chi connectivity index (χ0) is 16.8. The first-order chi connectivity index (χ1) is 11.8. The largest absolute Gasteiger partial charge is 0.372 e. The molecule has 0 unspecified atom stereocenters. The molecule has 5 heteroatoms. The van der Waals surface area contributed by atoms with Gasteiger partial charge in [0.2, 0.25) is 0 Å². The minimum absolute atomic E-state index is 0.182. The summed E-state index contributed by atoms with van der Waals surface area (Å²) in [4.78, 5) is 21.0. The number of pyridine rings is 2. The Morgan fingerprint density at radius 3 is 2.33 bits per heavy atom. The molecule has 0 bridgehead atoms. The lowest BCUT2D eigenvalue weighted by atomic mass is 9.99. The van der Waals surface area contributed by atoms with Crippen LogP contribution in [0.25, 0.3) is 0 Å². The maximum atomic E-state index is 12.8. The molecule has 2 N–H and O–H groups in total. The predicted molar refractivity (Wildman–Crippen MR) is 93.8 cm³/mol. The van der Waals surface area contributed by atoms with Crippen LogP contribution in [0.1, 0.15) is 27.5 Å². The molecule has 1 atom stereocenters. The smallest absolute Gasteiger partial charge is 0.255 e. The Morgan fingerprint density at radius 2 is 1.62 bits per heavy atom. The van der Waals surface area contributed by atoms with Gasteiger partial charge in [0, 0.05) is 25.6 Å². The lowest BCUT2D eigenvalue weighted by Gasteiger charge is -2.20. The average molecular weight is 318 g/mol. The predicted octanol–water partition coefficient (Wildman–Crippen LogP) is 3.04. The number of hydrogen-bond donors (Lipinski definition) is 2. The fourth-order valence-corrected chi connectivity index (χ4v) is 2.56. The first-order valence-corrected chi connectivity index (χ1v) is 7.68. The fourth-order valence-electron chi connectivity index (χ4n) is 2.56. The van der Waals surface area contributed by atoms with Crippen LogP contribution < -0.4 is 10.6 Å². The van der Waals surface area contributed by atoms with E-state index in [2.05, 4.69) is 20.6 Å². The van der Waals surface area contributed by atoms with Gasteiger partial charge in [-0.3, -0.25) is 9.78 Å². The summed E-state index contributed by atoms with van der Waals surface area (Å²) in [7, 11) is 1.75. The Kier molecular flexibility index (Phi) is 4.81. The molecule has 1 amide bonds. The van der Waals surface area contributed by atoms with E-state index in [1.54, 1.807) is 37.8 Å². The van der Waals surface area contributed by atoms with E-state index in [-0.39, 0.29) is 11.9 Å². The number of anilines is 1. The van der Waals surface area contributed by atoms with Gasteiger partial charge in [0.25, 0.3) is 5.91 Å². The van der Waals surface area contributed by atoms with Crippen molar-refractivity contribution in [1.29, 1.82) is 0 Å². The van der Waals surface area contributed by atoms with Gasteiger partial charge in [-0.1, -0.05) is 30.3 Å². The molecule has 0 aliphatic rings. The number of benzene rings is 1. The summed E-state index contributed by atoms with van der Waals surface area (Å²) in [5, 5.41) is 6.04. The van der Waals surface area contributed by atoms with Crippen LogP contribution in [-0.2, 0) is 0 Å². The standard InChI is InChI=1S/C19H18N4O/c1-20-18-16(8-5-11-22-18)19(24)23-17(14-6-3-2-4-7-14)15-9-12-21-13-10-15/h2-13,17H,1H3,(H,20,22)(H,23,24)/t17-/m1/s1. The van der Waals surface area contributed by atoms with Crippen molar-refractivity contribution in [3.05, 3.63) is 89.9 Å². The van der Waals surface area contributed by atoms with Crippen molar-refractivity contribution in [2.24, 2.45) is 0 Å². The normalized spacial score (nSPS) is 11.5. The van der Waals surface area contributed by atoms with Crippen LogP contribution in [0.2, 0.25) is 0 Å². The van der Waals surface area contributed by atoms with Crippen molar-refractivity contribution in [1.82, 2.24) is 15.3 Å². The van der Waals surface area contributed by atoms with Gasteiger partial charge in [0.1, 0.15) is 5.82 Å². The van der Waals surface area contributed by atoms with Crippen LogP contribution >= 0.6 is 0 Å². The molecule has 0 aliphatic carbocycles. The number of amides is 1. The van der Waals surface area contributed by atoms with Gasteiger partial charge in [0.05, 0.1) is 11.6 Å². The molecular formula is C19H18N4O. The van der Waals surface area contributed by atoms with Crippen LogP contribution in [0.3, 0.4) is 0 Å². The van der Waals surface area contributed by atoms with Gasteiger partial charge < -0.3 is 10.6 Å². The fraction of sp³-hybridized carbons (Fsp3) is 0.105. The number of hydrogen-bond acceptors (Lipinski definition) is 4. The summed E-state index contributed by atoms with van der Waals surface area (Å²) in [6, 6.07) is 16.9. The summed E-state index contributed by atoms with van der Waals surface area (Å²) >= 11 is 0. The molecule has 0 saturated carbocycles. The number of rotatable bonds is 5. The summed E-state index contributed by atoms with van der Waals surface area (Å²) in [6.45, 7) is 0. The number of carbonyl (C=O) groups excluding carboxylic acids is 1. The molecule has 0 spiro atoms. The van der Waals surface area contributed by atoms with E-state index < -0.39 is 0 Å². The van der Waals surface area contributed by atoms with Crippen molar-refractivity contribution in [2.75, 3.05) is 12.4 Å². The third kappa shape index (κ3) is 3.41. The number of nitrogens with zero attached hydrogens (tertiary/aromatic N) is 2. The minimum Gasteiger partial charge on any atom is -0.372 e. The SMILES string of the molecule is CNc1ncccc1C(=O)N[C@H](c1ccccc1)c1ccncc1. The number of aromatic nitrogens is 2. The Hall–Kier alpha value is -3.21. The molecular weight excluding hydrogens is 300 g/mol. The van der Waals surface area contributed by atoms with E-state index in [4.69, 9.17) is 0 Å². The van der Waals surface area contributed by atoms with Crippen LogP contribution in [0, 0.1) is 0 Å². The molecule has 2 aromatic heterocycles. The molecule has 3 rings (SSSR count). The minimum atomic E-state index is -0.258. The van der Waals surface area contributed by atoms with E-state index in [0.717, 1.165) is 11.1 Å². The van der Waals surface area contributed by atoms with Crippen LogP contribution in [0.15, 0.2) is 73.2 Å². The second-order valence-corrected chi connectivity index (χ2v) is 5.25. The highest BCUT2D eigenvalue weighted by Gasteiger charge is 2.19. The van der Waals surface area contributed by atoms with Crippen molar-refractivity contribution < 1.29 is 4.79 Å². The first kappa shape index (κ1) is 15.7. The summed E-state index contributed by atoms with van der Waals surface area (Å²) in [5.74, 6) is 0.370. The van der Waals surface area contributed by atoms with E-state index in [0.29, 0.717) is 11.4 Å². The van der Waals surface area contributed by atoms with Crippen molar-refractivity contribution in [3.63, 3.8) is 0 Å². The summed E-state index contributed by atoms with van der Waals surface area (Å²) in [6.07, 6.45) is 5.10. The van der Waals surface area contributed by atoms with Crippen molar-refractivity contribution >= 4 is 11.7 Å². The lowest BCUT2D eigenvalue weighted by molar-refractivity contribution is 0.0943. The number of carbonyl (C=O) groups is 1. The number of nitrogens with one attached hydrogen (secondary N) is 2. The van der Waals surface area contributed by atoms with Crippen LogP contribution in [0.4, 0.5) is 5.82 Å². The summed E-state index contributed by atoms with van der Waals surface area (Å²) < 4.78 is 0. The maximum absolute atomic E-state index is 12.8. The highest BCUT2D eigenvalue weighted by Crippen LogP contribution is 2.22. The van der Waals surface area contributed by atoms with Gasteiger partial charge in [-0.15, -0.1) is 0 Å². The molecule has 2 heterocycles. The second-order valence-electron chi connectivity index (χ2n) is 5.25. The highest BCUT2D eigenvalue weighted by atomic mass is 16.1. The van der Waals surface area contributed by atoms with Crippen molar-refractivity contribution in [3.8, 4) is 0 Å². The zero-order valence-electron chi connectivity index (χ0n) is 13.3. The van der Waals surface area contributed by atoms with Gasteiger partial charge in [-0.05, 0) is 35.4 Å². The third-order valence-electron chi connectivity index (χ3n) is 3.74. The van der Waals surface area contributed by atoms with Gasteiger partial charge >= 0.3 is 0 Å². The Bertz CT molecular complexity index is 766. The molecule has 1 aromatic carbocycles. The monoisotopic (exact) mass is 318 g/mol. The molecule has 120 valence electrons. The zero-order valence-corrected chi connectivity index (χ0v) is 13.3. The first-order valence-electron chi connectivity index (χ1n) is 7.68. The average Bonchev–Trinajstić information content (AvgIpc) is 2.67. The lowest BCUT2D eigenvalue weighted by Crippen LogP contribution is -2.30. The van der Waals surface area contributed by atoms with Gasteiger partial charge in [0.15, 0.2) is 0 Å². The molecule has 0 fully saturated rings. The van der Waals surface area contributed by atoms with Crippen LogP contribution in [0.5, 0.6) is 0 Å². The van der Waals surface area contributed by atoms with E-state index in [9.17, 15) is 4.79 Å². The summed E-state index contributed by atoms with van der Waals surface area (Å²) in [5.41, 5.74) is 2.49. The quantitative estimate of drug-likeness (QED) is 0.759. The molecule has 5 nitrogen and oxygen atoms in total. The maximum Gasteiger partial charge on any atom is 0.255 e. The second kappa shape index (κ2) is 7.37. The molecule has 0 aliphatic heterocycles. The molecule has 24 heavy (non-hydrogen) atoms. The Labute approximate surface area is 140 Å². The molecule has 0 saturated heterocycles. The van der Waals surface area contributed by atoms with E-state index >= 15 is 0 Å². The Morgan fingerprint density at radius 1 is 0.917 bits per heavy atom. The molecule has 0 radical (unpaired) electrons. The topological polar surface area (TPSA) is 66.9 Å². The van der Waals surface area contributed by atoms with Gasteiger partial charge in [-0.2, -0.15) is 0 Å². The molecule has 3 aromatic rings. The third-order valence-corrected chi connectivity index (χ3v) is 3.74. The van der Waals surface area contributed by atoms with E-state index in [1.165, 1.54) is 0 Å². The van der Waals surface area contributed by atoms with Gasteiger partial charge in [-0.25, -0.2) is 4.98 Å². The highest BCUT2D eigenvalue weighted by molar-refractivity contribution is 5.99. The van der Waals surface area contributed by atoms with Crippen LogP contribution in [-0.4, -0.2) is 22.9 Å².